The van der Waals surface area contributed by atoms with Gasteiger partial charge >= 0.3 is 11.7 Å². The number of benzene rings is 1. The van der Waals surface area contributed by atoms with Crippen molar-refractivity contribution in [3.8, 4) is 0 Å². The second kappa shape index (κ2) is 8.90. The van der Waals surface area contributed by atoms with Crippen LogP contribution in [0.25, 0.3) is 11.0 Å². The molecule has 3 amide bonds. The third kappa shape index (κ3) is 4.20. The summed E-state index contributed by atoms with van der Waals surface area (Å²) < 4.78 is 5.61. The van der Waals surface area contributed by atoms with Gasteiger partial charge in [-0.25, -0.2) is 9.59 Å². The van der Waals surface area contributed by atoms with E-state index in [1.807, 2.05) is 39.0 Å². The SMILES string of the molecule is CCN(CC)c1ccc2c(C)c(CCN3C(=O)NC(CC(C)C)C3=O)c(=O)oc2c1. The topological polar surface area (TPSA) is 82.9 Å². The number of nitrogens with zero attached hydrogens (tertiary/aromatic N) is 2. The Hall–Kier alpha value is -2.83. The number of rotatable bonds is 8. The van der Waals surface area contributed by atoms with E-state index in [0.29, 0.717) is 23.5 Å². The maximum atomic E-state index is 12.7. The number of fused-ring (bicyclic) bond motifs is 1. The fourth-order valence-electron chi connectivity index (χ4n) is 4.10. The molecule has 1 saturated heterocycles. The van der Waals surface area contributed by atoms with Gasteiger partial charge in [-0.3, -0.25) is 9.69 Å². The molecule has 30 heavy (non-hydrogen) atoms. The van der Waals surface area contributed by atoms with Crippen molar-refractivity contribution in [1.29, 1.82) is 0 Å². The summed E-state index contributed by atoms with van der Waals surface area (Å²) in [7, 11) is 0. The first kappa shape index (κ1) is 21.9. The third-order valence-corrected chi connectivity index (χ3v) is 5.80. The number of nitrogens with one attached hydrogen (secondary N) is 1. The maximum absolute atomic E-state index is 12.7. The molecule has 2 heterocycles. The highest BCUT2D eigenvalue weighted by molar-refractivity contribution is 6.04. The fourth-order valence-corrected chi connectivity index (χ4v) is 4.10. The predicted molar refractivity (Wildman–Crippen MR) is 118 cm³/mol. The van der Waals surface area contributed by atoms with Crippen molar-refractivity contribution in [2.45, 2.75) is 53.5 Å². The second-order valence-corrected chi connectivity index (χ2v) is 8.22. The molecule has 2 aromatic rings. The summed E-state index contributed by atoms with van der Waals surface area (Å²) in [4.78, 5) is 40.8. The van der Waals surface area contributed by atoms with Crippen LogP contribution in [0.4, 0.5) is 10.5 Å². The van der Waals surface area contributed by atoms with Crippen LogP contribution in [0.1, 0.15) is 45.2 Å². The zero-order valence-electron chi connectivity index (χ0n) is 18.4. The molecule has 7 heteroatoms. The van der Waals surface area contributed by atoms with E-state index in [0.717, 1.165) is 29.7 Å². The lowest BCUT2D eigenvalue weighted by Crippen LogP contribution is -2.34. The molecule has 1 aromatic carbocycles. The molecule has 1 aliphatic heterocycles. The van der Waals surface area contributed by atoms with Crippen molar-refractivity contribution < 1.29 is 14.0 Å². The number of aryl methyl sites for hydroxylation is 1. The minimum atomic E-state index is -0.481. The number of anilines is 1. The highest BCUT2D eigenvalue weighted by atomic mass is 16.4. The first-order chi connectivity index (χ1) is 14.3. The van der Waals surface area contributed by atoms with Crippen LogP contribution >= 0.6 is 0 Å². The highest BCUT2D eigenvalue weighted by Crippen LogP contribution is 2.25. The molecular weight excluding hydrogens is 382 g/mol. The van der Waals surface area contributed by atoms with Gasteiger partial charge in [0.25, 0.3) is 5.91 Å². The fraction of sp³-hybridized carbons (Fsp3) is 0.522. The monoisotopic (exact) mass is 413 g/mol. The summed E-state index contributed by atoms with van der Waals surface area (Å²) in [6, 6.07) is 5.02. The molecule has 0 aliphatic carbocycles. The van der Waals surface area contributed by atoms with Crippen molar-refractivity contribution >= 4 is 28.6 Å². The minimum Gasteiger partial charge on any atom is -0.422 e. The third-order valence-electron chi connectivity index (χ3n) is 5.80. The zero-order chi connectivity index (χ0) is 22.0. The highest BCUT2D eigenvalue weighted by Gasteiger charge is 2.37. The van der Waals surface area contributed by atoms with Crippen LogP contribution in [0.3, 0.4) is 0 Å². The Labute approximate surface area is 177 Å². The van der Waals surface area contributed by atoms with Crippen LogP contribution in [0.15, 0.2) is 27.4 Å². The van der Waals surface area contributed by atoms with E-state index in [1.54, 1.807) is 0 Å². The molecular formula is C23H31N3O4. The summed E-state index contributed by atoms with van der Waals surface area (Å²) >= 11 is 0. The summed E-state index contributed by atoms with van der Waals surface area (Å²) in [6.07, 6.45) is 0.878. The van der Waals surface area contributed by atoms with Gasteiger partial charge in [0.1, 0.15) is 11.6 Å². The van der Waals surface area contributed by atoms with Gasteiger partial charge in [0.05, 0.1) is 0 Å². The Morgan fingerprint density at radius 3 is 2.50 bits per heavy atom. The Balaban J connectivity index is 1.83. The Morgan fingerprint density at radius 2 is 1.87 bits per heavy atom. The number of imide groups is 1. The van der Waals surface area contributed by atoms with Gasteiger partial charge in [-0.1, -0.05) is 13.8 Å². The lowest BCUT2D eigenvalue weighted by atomic mass is 10.0. The van der Waals surface area contributed by atoms with Gasteiger partial charge < -0.3 is 14.6 Å². The number of carbonyl (C=O) groups is 2. The summed E-state index contributed by atoms with van der Waals surface area (Å²) in [5.74, 6) is 0.0793. The largest absolute Gasteiger partial charge is 0.422 e. The van der Waals surface area contributed by atoms with Gasteiger partial charge in [-0.05, 0) is 57.2 Å². The molecule has 1 atom stereocenters. The van der Waals surface area contributed by atoms with Crippen molar-refractivity contribution in [2.24, 2.45) is 5.92 Å². The molecule has 0 radical (unpaired) electrons. The van der Waals surface area contributed by atoms with Crippen molar-refractivity contribution in [3.05, 3.63) is 39.7 Å². The van der Waals surface area contributed by atoms with Gasteiger partial charge in [0.15, 0.2) is 0 Å². The molecule has 1 unspecified atom stereocenters. The van der Waals surface area contributed by atoms with Gasteiger partial charge in [-0.2, -0.15) is 0 Å². The van der Waals surface area contributed by atoms with Crippen LogP contribution in [0.2, 0.25) is 0 Å². The molecule has 1 aromatic heterocycles. The van der Waals surface area contributed by atoms with Crippen LogP contribution < -0.4 is 15.8 Å². The number of hydrogen-bond donors (Lipinski definition) is 1. The normalized spacial score (nSPS) is 16.6. The molecule has 3 rings (SSSR count). The van der Waals surface area contributed by atoms with E-state index in [9.17, 15) is 14.4 Å². The zero-order valence-corrected chi connectivity index (χ0v) is 18.4. The molecule has 1 aliphatic rings. The number of amides is 3. The molecule has 7 nitrogen and oxygen atoms in total. The lowest BCUT2D eigenvalue weighted by Gasteiger charge is -2.21. The first-order valence-corrected chi connectivity index (χ1v) is 10.7. The second-order valence-electron chi connectivity index (χ2n) is 8.22. The van der Waals surface area contributed by atoms with E-state index in [-0.39, 0.29) is 18.9 Å². The average Bonchev–Trinajstić information content (AvgIpc) is 2.95. The Kier molecular flexibility index (Phi) is 6.48. The van der Waals surface area contributed by atoms with E-state index in [2.05, 4.69) is 24.1 Å². The quantitative estimate of drug-likeness (QED) is 0.529. The van der Waals surface area contributed by atoms with Gasteiger partial charge in [0.2, 0.25) is 0 Å². The molecule has 0 saturated carbocycles. The molecule has 1 fully saturated rings. The number of hydrogen-bond acceptors (Lipinski definition) is 5. The standard InChI is InChI=1S/C23H31N3O4/c1-6-25(7-2)16-8-9-17-15(5)18(22(28)30-20(17)13-16)10-11-26-21(27)19(12-14(3)4)24-23(26)29/h8-9,13-14,19H,6-7,10-12H2,1-5H3,(H,24,29). The van der Waals surface area contributed by atoms with E-state index in [4.69, 9.17) is 4.42 Å². The Bertz CT molecular complexity index is 1010. The van der Waals surface area contributed by atoms with E-state index < -0.39 is 17.7 Å². The Morgan fingerprint density at radius 1 is 1.17 bits per heavy atom. The molecule has 0 spiro atoms. The molecule has 1 N–H and O–H groups in total. The van der Waals surface area contributed by atoms with Gasteiger partial charge in [-0.15, -0.1) is 0 Å². The summed E-state index contributed by atoms with van der Waals surface area (Å²) in [6.45, 7) is 12.0. The lowest BCUT2D eigenvalue weighted by molar-refractivity contribution is -0.127. The van der Waals surface area contributed by atoms with Crippen molar-refractivity contribution in [1.82, 2.24) is 10.2 Å². The smallest absolute Gasteiger partial charge is 0.339 e. The first-order valence-electron chi connectivity index (χ1n) is 10.7. The average molecular weight is 414 g/mol. The van der Waals surface area contributed by atoms with E-state index >= 15 is 0 Å². The van der Waals surface area contributed by atoms with Crippen LogP contribution in [-0.2, 0) is 11.2 Å². The summed E-state index contributed by atoms with van der Waals surface area (Å²) in [5, 5.41) is 3.61. The van der Waals surface area contributed by atoms with Crippen LogP contribution in [0.5, 0.6) is 0 Å². The molecule has 162 valence electrons. The van der Waals surface area contributed by atoms with E-state index in [1.165, 1.54) is 4.90 Å². The summed E-state index contributed by atoms with van der Waals surface area (Å²) in [5.41, 5.74) is 2.49. The van der Waals surface area contributed by atoms with Crippen LogP contribution in [0, 0.1) is 12.8 Å². The predicted octanol–water partition coefficient (Wildman–Crippen LogP) is 3.46. The minimum absolute atomic E-state index is 0.161. The van der Waals surface area contributed by atoms with Crippen LogP contribution in [-0.4, -0.2) is 42.5 Å². The number of carbonyl (C=O) groups excluding carboxylic acids is 2. The number of urea groups is 1. The maximum Gasteiger partial charge on any atom is 0.339 e. The van der Waals surface area contributed by atoms with Crippen molar-refractivity contribution in [2.75, 3.05) is 24.5 Å². The van der Waals surface area contributed by atoms with Crippen molar-refractivity contribution in [3.63, 3.8) is 0 Å². The molecule has 0 bridgehead atoms. The van der Waals surface area contributed by atoms with Gasteiger partial charge in [0, 0.05) is 42.3 Å².